The first-order valence-electron chi connectivity index (χ1n) is 17.5. The van der Waals surface area contributed by atoms with Crippen molar-refractivity contribution in [1.82, 2.24) is 39.0 Å². The standard InChI is InChI=1S/C20H19FN6O.C20H19FN6/c1-3-18-24-15-8-7-12(21)9-16(15)27(18)19-11-17(22)25-20(26-19)23-13-5-4-6-14(10-13)28-2;1-3-18-24-15-8-7-13(21)10-16(15)27(18)19-11-17(22)25-20(26-19)23-14-6-4-5-12(2)9-14/h4-11H,3H2,1-2H3,(H3,22,23,25,26);4-11H,3H2,1-2H3,(H3,22,23,25,26). The number of benzene rings is 4. The van der Waals surface area contributed by atoms with Crippen molar-refractivity contribution in [3.8, 4) is 17.4 Å². The fourth-order valence-corrected chi connectivity index (χ4v) is 6.11. The Labute approximate surface area is 315 Å². The van der Waals surface area contributed by atoms with Gasteiger partial charge in [0, 0.05) is 54.5 Å². The van der Waals surface area contributed by atoms with Crippen LogP contribution in [0.15, 0.2) is 97.1 Å². The zero-order valence-corrected chi connectivity index (χ0v) is 30.5. The van der Waals surface area contributed by atoms with E-state index in [2.05, 4.69) is 40.5 Å². The highest BCUT2D eigenvalue weighted by atomic mass is 19.1. The minimum absolute atomic E-state index is 0.288. The molecule has 4 aromatic carbocycles. The Morgan fingerprint density at radius 1 is 0.600 bits per heavy atom. The summed E-state index contributed by atoms with van der Waals surface area (Å²) in [5.41, 5.74) is 17.4. The molecule has 8 aromatic rings. The van der Waals surface area contributed by atoms with E-state index in [-0.39, 0.29) is 17.5 Å². The number of nitrogens with zero attached hydrogens (tertiary/aromatic N) is 8. The summed E-state index contributed by atoms with van der Waals surface area (Å²) in [6.45, 7) is 5.98. The predicted octanol–water partition coefficient (Wildman–Crippen LogP) is 8.00. The lowest BCUT2D eigenvalue weighted by atomic mass is 10.2. The largest absolute Gasteiger partial charge is 0.497 e. The summed E-state index contributed by atoms with van der Waals surface area (Å²) in [7, 11) is 1.60. The maximum atomic E-state index is 13.8. The Kier molecular flexibility index (Phi) is 10.2. The average Bonchev–Trinajstić information content (AvgIpc) is 3.72. The highest BCUT2D eigenvalue weighted by molar-refractivity contribution is 5.79. The molecule has 0 unspecified atom stereocenters. The summed E-state index contributed by atoms with van der Waals surface area (Å²) in [5, 5.41) is 6.30. The first kappa shape index (κ1) is 36.2. The fourth-order valence-electron chi connectivity index (χ4n) is 6.11. The Morgan fingerprint density at radius 3 is 1.56 bits per heavy atom. The van der Waals surface area contributed by atoms with Gasteiger partial charge in [-0.25, -0.2) is 18.7 Å². The summed E-state index contributed by atoms with van der Waals surface area (Å²) in [6, 6.07) is 27.6. The van der Waals surface area contributed by atoms with Crippen LogP contribution in [-0.4, -0.2) is 46.1 Å². The van der Waals surface area contributed by atoms with Crippen LogP contribution in [-0.2, 0) is 12.8 Å². The predicted molar refractivity (Wildman–Crippen MR) is 212 cm³/mol. The zero-order chi connectivity index (χ0) is 38.6. The number of rotatable bonds is 9. The molecule has 0 spiro atoms. The third-order valence-corrected chi connectivity index (χ3v) is 8.53. The summed E-state index contributed by atoms with van der Waals surface area (Å²) in [4.78, 5) is 26.8. The number of halogens is 2. The highest BCUT2D eigenvalue weighted by Crippen LogP contribution is 2.27. The molecular formula is C40H38F2N12O. The van der Waals surface area contributed by atoms with Gasteiger partial charge in [-0.1, -0.05) is 32.0 Å². The number of aromatic nitrogens is 8. The second kappa shape index (κ2) is 15.4. The van der Waals surface area contributed by atoms with Crippen LogP contribution < -0.4 is 26.8 Å². The van der Waals surface area contributed by atoms with Gasteiger partial charge >= 0.3 is 0 Å². The van der Waals surface area contributed by atoms with E-state index in [1.165, 1.54) is 24.3 Å². The van der Waals surface area contributed by atoms with E-state index in [4.69, 9.17) is 16.2 Å². The van der Waals surface area contributed by atoms with Gasteiger partial charge in [0.25, 0.3) is 0 Å². The molecule has 0 saturated heterocycles. The molecule has 0 radical (unpaired) electrons. The molecule has 0 aliphatic carbocycles. The molecular weight excluding hydrogens is 703 g/mol. The lowest BCUT2D eigenvalue weighted by Gasteiger charge is -2.11. The van der Waals surface area contributed by atoms with Gasteiger partial charge in [-0.15, -0.1) is 0 Å². The Morgan fingerprint density at radius 2 is 1.09 bits per heavy atom. The molecule has 15 heteroatoms. The molecule has 0 aliphatic rings. The molecule has 0 saturated carbocycles. The van der Waals surface area contributed by atoms with Crippen LogP contribution in [0.4, 0.5) is 43.7 Å². The molecule has 0 bridgehead atoms. The van der Waals surface area contributed by atoms with E-state index in [1.54, 1.807) is 35.9 Å². The van der Waals surface area contributed by atoms with E-state index < -0.39 is 0 Å². The first-order chi connectivity index (χ1) is 26.6. The summed E-state index contributed by atoms with van der Waals surface area (Å²) < 4.78 is 36.5. The Hall–Kier alpha value is -7.16. The fraction of sp³-hybridized carbons (Fsp3) is 0.150. The topological polar surface area (TPSA) is 173 Å². The summed E-state index contributed by atoms with van der Waals surface area (Å²) >= 11 is 0. The number of fused-ring (bicyclic) bond motifs is 2. The van der Waals surface area contributed by atoms with Crippen LogP contribution in [0.5, 0.6) is 5.75 Å². The average molecular weight is 741 g/mol. The molecule has 4 aromatic heterocycles. The van der Waals surface area contributed by atoms with Crippen molar-refractivity contribution in [2.45, 2.75) is 33.6 Å². The molecule has 8 rings (SSSR count). The van der Waals surface area contributed by atoms with Gasteiger partial charge < -0.3 is 26.8 Å². The number of methoxy groups -OCH3 is 1. The minimum Gasteiger partial charge on any atom is -0.497 e. The number of hydrogen-bond acceptors (Lipinski definition) is 11. The van der Waals surface area contributed by atoms with Crippen LogP contribution >= 0.6 is 0 Å². The first-order valence-corrected chi connectivity index (χ1v) is 17.5. The van der Waals surface area contributed by atoms with E-state index in [0.717, 1.165) is 28.6 Å². The van der Waals surface area contributed by atoms with E-state index in [9.17, 15) is 8.78 Å². The number of nitrogens with two attached hydrogens (primary N) is 2. The number of hydrogen-bond donors (Lipinski definition) is 4. The quantitative estimate of drug-likeness (QED) is 0.113. The van der Waals surface area contributed by atoms with Gasteiger partial charge in [-0.3, -0.25) is 9.13 Å². The molecule has 6 N–H and O–H groups in total. The molecule has 0 fully saturated rings. The Bertz CT molecular complexity index is 2660. The van der Waals surface area contributed by atoms with Crippen LogP contribution in [0.25, 0.3) is 33.7 Å². The van der Waals surface area contributed by atoms with Crippen molar-refractivity contribution in [3.05, 3.63) is 126 Å². The van der Waals surface area contributed by atoms with Gasteiger partial charge in [-0.2, -0.15) is 19.9 Å². The number of nitrogens with one attached hydrogen (secondary N) is 2. The molecule has 4 heterocycles. The second-order valence-corrected chi connectivity index (χ2v) is 12.5. The van der Waals surface area contributed by atoms with Gasteiger partial charge in [0.05, 0.1) is 29.2 Å². The molecule has 278 valence electrons. The van der Waals surface area contributed by atoms with Crippen molar-refractivity contribution >= 4 is 57.0 Å². The van der Waals surface area contributed by atoms with Crippen LogP contribution in [0, 0.1) is 18.6 Å². The van der Waals surface area contributed by atoms with Crippen LogP contribution in [0.1, 0.15) is 31.1 Å². The minimum atomic E-state index is -0.340. The van der Waals surface area contributed by atoms with Crippen LogP contribution in [0.3, 0.4) is 0 Å². The van der Waals surface area contributed by atoms with Crippen molar-refractivity contribution in [2.24, 2.45) is 0 Å². The number of ether oxygens (including phenoxy) is 1. The number of aryl methyl sites for hydroxylation is 3. The smallest absolute Gasteiger partial charge is 0.231 e. The second-order valence-electron chi connectivity index (χ2n) is 12.5. The van der Waals surface area contributed by atoms with E-state index in [0.29, 0.717) is 70.0 Å². The Balaban J connectivity index is 0.000000169. The van der Waals surface area contributed by atoms with E-state index >= 15 is 0 Å². The third kappa shape index (κ3) is 7.95. The monoisotopic (exact) mass is 740 g/mol. The van der Waals surface area contributed by atoms with Crippen molar-refractivity contribution in [1.29, 1.82) is 0 Å². The normalized spacial score (nSPS) is 11.0. The lowest BCUT2D eigenvalue weighted by molar-refractivity contribution is 0.415. The van der Waals surface area contributed by atoms with Gasteiger partial charge in [-0.05, 0) is 61.0 Å². The SMILES string of the molecule is CCc1nc2ccc(F)cc2n1-c1cc(N)nc(Nc2cccc(C)c2)n1.CCc1nc2ccc(F)cc2n1-c1cc(N)nc(Nc2cccc(OC)c2)n1. The maximum absolute atomic E-state index is 13.8. The van der Waals surface area contributed by atoms with Gasteiger partial charge in [0.2, 0.25) is 11.9 Å². The van der Waals surface area contributed by atoms with E-state index in [1.807, 2.05) is 73.9 Å². The molecule has 13 nitrogen and oxygen atoms in total. The van der Waals surface area contributed by atoms with Crippen molar-refractivity contribution in [2.75, 3.05) is 29.2 Å². The van der Waals surface area contributed by atoms with Crippen molar-refractivity contribution < 1.29 is 13.5 Å². The highest BCUT2D eigenvalue weighted by Gasteiger charge is 2.17. The van der Waals surface area contributed by atoms with Gasteiger partial charge in [0.1, 0.15) is 52.3 Å². The molecule has 0 amide bonds. The zero-order valence-electron chi connectivity index (χ0n) is 30.5. The number of imidazole rings is 2. The summed E-state index contributed by atoms with van der Waals surface area (Å²) in [6.07, 6.45) is 1.32. The number of nitrogen functional groups attached to an aromatic ring is 2. The third-order valence-electron chi connectivity index (χ3n) is 8.53. The molecule has 55 heavy (non-hydrogen) atoms. The van der Waals surface area contributed by atoms with Crippen LogP contribution in [0.2, 0.25) is 0 Å². The number of anilines is 6. The maximum Gasteiger partial charge on any atom is 0.231 e. The summed E-state index contributed by atoms with van der Waals surface area (Å²) in [5.74, 6) is 3.93. The lowest BCUT2D eigenvalue weighted by Crippen LogP contribution is -2.08. The van der Waals surface area contributed by atoms with Gasteiger partial charge in [0.15, 0.2) is 0 Å². The molecule has 0 atom stereocenters. The molecule has 0 aliphatic heterocycles. The van der Waals surface area contributed by atoms with Crippen molar-refractivity contribution in [3.63, 3.8) is 0 Å².